The van der Waals surface area contributed by atoms with Crippen molar-refractivity contribution >= 4 is 5.97 Å². The van der Waals surface area contributed by atoms with Crippen molar-refractivity contribution in [3.8, 4) is 0 Å². The summed E-state index contributed by atoms with van der Waals surface area (Å²) in [6.45, 7) is 11.2. The minimum Gasteiger partial charge on any atom is -0.497 e. The van der Waals surface area contributed by atoms with Gasteiger partial charge in [0.15, 0.2) is 6.79 Å². The predicted octanol–water partition coefficient (Wildman–Crippen LogP) is 6.16. The maximum Gasteiger partial charge on any atom is 0.313 e. The zero-order valence-electron chi connectivity index (χ0n) is 22.5. The molecule has 1 heterocycles. The standard InChI is InChI=1S/C30H46O5/c1-27(2,3)26(31)35-19-34-22-10-13-28(4)21(17-22)8-9-25-24(28)11-14-29(5)23(12-15-30(25,29)32)20-7-6-16-33-18-20/h6-7,18,21-25,32H,8-17,19H2,1-5H3/t21-,22+,23-,24+,25-,28+,29-,30+/m1/s1. The number of fused-ring (bicyclic) bond motifs is 5. The van der Waals surface area contributed by atoms with Gasteiger partial charge in [0.1, 0.15) is 6.61 Å². The molecule has 0 unspecified atom stereocenters. The van der Waals surface area contributed by atoms with Gasteiger partial charge in [0.25, 0.3) is 0 Å². The Morgan fingerprint density at radius 3 is 2.60 bits per heavy atom. The van der Waals surface area contributed by atoms with Gasteiger partial charge < -0.3 is 19.3 Å². The van der Waals surface area contributed by atoms with Crippen LogP contribution in [-0.2, 0) is 19.0 Å². The van der Waals surface area contributed by atoms with E-state index in [0.717, 1.165) is 51.4 Å². The summed E-state index contributed by atoms with van der Waals surface area (Å²) in [5, 5.41) is 12.4. The SMILES string of the molecule is CC(C)(C)C(=O)OCO[C@H]1CC[C@@]2(C)[C@H](CC[C@@H]3[C@@H]2CC[C@]2(C)[C@@H](C4=COCC=C4)CC[C@]32O)C1. The molecule has 5 nitrogen and oxygen atoms in total. The maximum atomic E-state index is 12.4. The number of rotatable bonds is 4. The van der Waals surface area contributed by atoms with Gasteiger partial charge in [0.2, 0.25) is 0 Å². The average Bonchev–Trinajstić information content (AvgIpc) is 3.10. The van der Waals surface area contributed by atoms with Gasteiger partial charge in [0.05, 0.1) is 23.4 Å². The summed E-state index contributed by atoms with van der Waals surface area (Å²) in [7, 11) is 0. The van der Waals surface area contributed by atoms with E-state index in [1.54, 1.807) is 0 Å². The van der Waals surface area contributed by atoms with Crippen molar-refractivity contribution in [2.75, 3.05) is 13.4 Å². The number of carbonyl (C=O) groups excluding carboxylic acids is 1. The average molecular weight is 487 g/mol. The summed E-state index contributed by atoms with van der Waals surface area (Å²) in [5.41, 5.74) is 0.366. The van der Waals surface area contributed by atoms with Crippen LogP contribution in [0.25, 0.3) is 0 Å². The smallest absolute Gasteiger partial charge is 0.313 e. The summed E-state index contributed by atoms with van der Waals surface area (Å²) >= 11 is 0. The monoisotopic (exact) mass is 486 g/mol. The van der Waals surface area contributed by atoms with E-state index in [-0.39, 0.29) is 29.7 Å². The van der Waals surface area contributed by atoms with E-state index < -0.39 is 11.0 Å². The Balaban J connectivity index is 1.26. The van der Waals surface area contributed by atoms with Crippen molar-refractivity contribution in [3.05, 3.63) is 24.0 Å². The molecular formula is C30H46O5. The molecular weight excluding hydrogens is 440 g/mol. The molecule has 0 aromatic rings. The normalized spacial score (nSPS) is 45.0. The molecule has 0 radical (unpaired) electrons. The molecule has 4 saturated carbocycles. The largest absolute Gasteiger partial charge is 0.497 e. The molecule has 4 fully saturated rings. The number of allylic oxidation sites excluding steroid dienone is 2. The molecule has 0 amide bonds. The quantitative estimate of drug-likeness (QED) is 0.381. The van der Waals surface area contributed by atoms with Crippen LogP contribution in [0.5, 0.6) is 0 Å². The number of hydrogen-bond donors (Lipinski definition) is 1. The van der Waals surface area contributed by atoms with Gasteiger partial charge in [-0.25, -0.2) is 0 Å². The number of hydrogen-bond acceptors (Lipinski definition) is 5. The highest BCUT2D eigenvalue weighted by Crippen LogP contribution is 2.70. The second-order valence-electron chi connectivity index (χ2n) is 13.7. The molecule has 196 valence electrons. The van der Waals surface area contributed by atoms with E-state index in [0.29, 0.717) is 30.3 Å². The van der Waals surface area contributed by atoms with Gasteiger partial charge in [0, 0.05) is 5.41 Å². The van der Waals surface area contributed by atoms with Crippen molar-refractivity contribution in [2.24, 2.45) is 39.9 Å². The molecule has 5 rings (SSSR count). The Bertz CT molecular complexity index is 886. The molecule has 8 atom stereocenters. The van der Waals surface area contributed by atoms with Gasteiger partial charge in [-0.3, -0.25) is 4.79 Å². The third kappa shape index (κ3) is 4.09. The van der Waals surface area contributed by atoms with Crippen LogP contribution < -0.4 is 0 Å². The van der Waals surface area contributed by atoms with Crippen LogP contribution in [-0.4, -0.2) is 36.2 Å². The van der Waals surface area contributed by atoms with Gasteiger partial charge in [-0.05, 0) is 119 Å². The highest BCUT2D eigenvalue weighted by atomic mass is 16.7. The first-order valence-electron chi connectivity index (χ1n) is 14.0. The second kappa shape index (κ2) is 8.90. The predicted molar refractivity (Wildman–Crippen MR) is 135 cm³/mol. The van der Waals surface area contributed by atoms with Crippen LogP contribution in [0.15, 0.2) is 24.0 Å². The maximum absolute atomic E-state index is 12.4. The van der Waals surface area contributed by atoms with Gasteiger partial charge in [-0.2, -0.15) is 0 Å². The number of carbonyl (C=O) groups is 1. The van der Waals surface area contributed by atoms with E-state index >= 15 is 0 Å². The zero-order valence-corrected chi connectivity index (χ0v) is 22.5. The minimum absolute atomic E-state index is 0.0593. The van der Waals surface area contributed by atoms with Gasteiger partial charge in [-0.15, -0.1) is 0 Å². The summed E-state index contributed by atoms with van der Waals surface area (Å²) < 4.78 is 17.1. The molecule has 1 aliphatic heterocycles. The lowest BCUT2D eigenvalue weighted by Crippen LogP contribution is -2.62. The fourth-order valence-electron chi connectivity index (χ4n) is 8.89. The first-order valence-corrected chi connectivity index (χ1v) is 14.0. The van der Waals surface area contributed by atoms with Crippen LogP contribution in [0.3, 0.4) is 0 Å². The zero-order chi connectivity index (χ0) is 25.1. The van der Waals surface area contributed by atoms with Crippen molar-refractivity contribution in [2.45, 2.75) is 104 Å². The molecule has 1 N–H and O–H groups in total. The van der Waals surface area contributed by atoms with E-state index in [9.17, 15) is 9.90 Å². The molecule has 0 spiro atoms. The van der Waals surface area contributed by atoms with Crippen molar-refractivity contribution < 1.29 is 24.1 Å². The Morgan fingerprint density at radius 1 is 1.09 bits per heavy atom. The second-order valence-corrected chi connectivity index (χ2v) is 13.7. The Hall–Kier alpha value is -1.33. The molecule has 4 aliphatic carbocycles. The Labute approximate surface area is 211 Å². The molecule has 0 aromatic carbocycles. The third-order valence-corrected chi connectivity index (χ3v) is 11.0. The first-order chi connectivity index (χ1) is 16.5. The van der Waals surface area contributed by atoms with Crippen LogP contribution >= 0.6 is 0 Å². The summed E-state index contributed by atoms with van der Waals surface area (Å²) in [6.07, 6.45) is 16.2. The lowest BCUT2D eigenvalue weighted by atomic mass is 9.43. The number of ether oxygens (including phenoxy) is 3. The summed E-state index contributed by atoms with van der Waals surface area (Å²) in [6, 6.07) is 0. The van der Waals surface area contributed by atoms with E-state index in [2.05, 4.69) is 26.0 Å². The molecule has 0 bridgehead atoms. The van der Waals surface area contributed by atoms with Crippen molar-refractivity contribution in [3.63, 3.8) is 0 Å². The highest BCUT2D eigenvalue weighted by molar-refractivity contribution is 5.75. The fourth-order valence-corrected chi connectivity index (χ4v) is 8.89. The Morgan fingerprint density at radius 2 is 1.89 bits per heavy atom. The van der Waals surface area contributed by atoms with Gasteiger partial charge >= 0.3 is 5.97 Å². The first kappa shape index (κ1) is 25.3. The molecule has 5 aliphatic rings. The summed E-state index contributed by atoms with van der Waals surface area (Å²) in [4.78, 5) is 12.1. The minimum atomic E-state index is -0.588. The fraction of sp³-hybridized carbons (Fsp3) is 0.833. The summed E-state index contributed by atoms with van der Waals surface area (Å²) in [5.74, 6) is 1.74. The molecule has 35 heavy (non-hydrogen) atoms. The number of aliphatic hydroxyl groups is 1. The lowest BCUT2D eigenvalue weighted by Gasteiger charge is -2.63. The van der Waals surface area contributed by atoms with E-state index in [1.165, 1.54) is 12.0 Å². The topological polar surface area (TPSA) is 65.0 Å². The lowest BCUT2D eigenvalue weighted by molar-refractivity contribution is -0.213. The van der Waals surface area contributed by atoms with Crippen molar-refractivity contribution in [1.82, 2.24) is 0 Å². The molecule has 0 saturated heterocycles. The van der Waals surface area contributed by atoms with E-state index in [4.69, 9.17) is 14.2 Å². The van der Waals surface area contributed by atoms with E-state index in [1.807, 2.05) is 27.0 Å². The van der Waals surface area contributed by atoms with Crippen LogP contribution in [0.4, 0.5) is 0 Å². The highest BCUT2D eigenvalue weighted by Gasteiger charge is 2.67. The third-order valence-electron chi connectivity index (χ3n) is 11.0. The van der Waals surface area contributed by atoms with Gasteiger partial charge in [-0.1, -0.05) is 19.9 Å². The van der Waals surface area contributed by atoms with Crippen LogP contribution in [0.2, 0.25) is 0 Å². The van der Waals surface area contributed by atoms with Crippen molar-refractivity contribution in [1.29, 1.82) is 0 Å². The number of esters is 1. The molecule has 5 heteroatoms. The van der Waals surface area contributed by atoms with Crippen LogP contribution in [0.1, 0.15) is 92.4 Å². The Kier molecular flexibility index (Phi) is 6.44. The van der Waals surface area contributed by atoms with Crippen LogP contribution in [0, 0.1) is 39.9 Å². The molecule has 0 aromatic heterocycles.